The van der Waals surface area contributed by atoms with Crippen LogP contribution in [0, 0.1) is 23.7 Å². The summed E-state index contributed by atoms with van der Waals surface area (Å²) < 4.78 is 0. The Labute approximate surface area is 113 Å². The first-order valence-electron chi connectivity index (χ1n) is 8.60. The number of fused-ring (bicyclic) bond motifs is 2. The molecular weight excluding hydrogens is 218 g/mol. The van der Waals surface area contributed by atoms with Crippen LogP contribution in [0.4, 0.5) is 0 Å². The topological polar surface area (TPSA) is 12.0 Å². The maximum Gasteiger partial charge on any atom is 0.00928 e. The highest BCUT2D eigenvalue weighted by Crippen LogP contribution is 2.48. The van der Waals surface area contributed by atoms with Crippen LogP contribution in [0.5, 0.6) is 0 Å². The summed E-state index contributed by atoms with van der Waals surface area (Å²) in [6, 6.07) is 0.824. The fourth-order valence-corrected chi connectivity index (χ4v) is 5.11. The molecule has 3 aliphatic rings. The van der Waals surface area contributed by atoms with Gasteiger partial charge in [0.1, 0.15) is 0 Å². The second-order valence-corrected chi connectivity index (χ2v) is 7.26. The lowest BCUT2D eigenvalue weighted by atomic mass is 9.82. The largest absolute Gasteiger partial charge is 0.313 e. The van der Waals surface area contributed by atoms with Gasteiger partial charge in [0.25, 0.3) is 0 Å². The molecule has 1 nitrogen and oxygen atoms in total. The number of hydrogen-bond acceptors (Lipinski definition) is 1. The maximum absolute atomic E-state index is 3.97. The first-order chi connectivity index (χ1) is 8.86. The van der Waals surface area contributed by atoms with Gasteiger partial charge in [-0.3, -0.25) is 0 Å². The summed E-state index contributed by atoms with van der Waals surface area (Å²) >= 11 is 0. The number of hydrogen-bond donors (Lipinski definition) is 1. The van der Waals surface area contributed by atoms with Crippen molar-refractivity contribution in [2.24, 2.45) is 23.7 Å². The van der Waals surface area contributed by atoms with Crippen LogP contribution >= 0.6 is 0 Å². The highest BCUT2D eigenvalue weighted by Gasteiger charge is 2.39. The van der Waals surface area contributed by atoms with Crippen molar-refractivity contribution in [3.63, 3.8) is 0 Å². The molecule has 18 heavy (non-hydrogen) atoms. The molecule has 3 rings (SSSR count). The smallest absolute Gasteiger partial charge is 0.00928 e. The zero-order valence-corrected chi connectivity index (χ0v) is 12.2. The third-order valence-corrected chi connectivity index (χ3v) is 6.19. The molecule has 0 aromatic rings. The van der Waals surface area contributed by atoms with Crippen molar-refractivity contribution in [1.82, 2.24) is 5.32 Å². The molecule has 1 N–H and O–H groups in total. The summed E-state index contributed by atoms with van der Waals surface area (Å²) in [5, 5.41) is 3.97. The minimum Gasteiger partial charge on any atom is -0.313 e. The molecule has 0 aromatic carbocycles. The normalized spacial score (nSPS) is 38.2. The van der Waals surface area contributed by atoms with Gasteiger partial charge >= 0.3 is 0 Å². The van der Waals surface area contributed by atoms with E-state index in [9.17, 15) is 0 Å². The molecule has 0 aliphatic heterocycles. The van der Waals surface area contributed by atoms with Crippen LogP contribution < -0.4 is 5.32 Å². The highest BCUT2D eigenvalue weighted by molar-refractivity contribution is 4.91. The van der Waals surface area contributed by atoms with Crippen LogP contribution in [-0.2, 0) is 0 Å². The van der Waals surface area contributed by atoms with Crippen molar-refractivity contribution in [2.45, 2.75) is 77.2 Å². The fourth-order valence-electron chi connectivity index (χ4n) is 5.11. The molecule has 3 aliphatic carbocycles. The van der Waals surface area contributed by atoms with E-state index in [-0.39, 0.29) is 0 Å². The van der Waals surface area contributed by atoms with Gasteiger partial charge in [0, 0.05) is 6.04 Å². The van der Waals surface area contributed by atoms with Crippen LogP contribution in [0.1, 0.15) is 71.1 Å². The lowest BCUT2D eigenvalue weighted by molar-refractivity contribution is 0.235. The van der Waals surface area contributed by atoms with E-state index >= 15 is 0 Å². The summed E-state index contributed by atoms with van der Waals surface area (Å²) in [5.74, 6) is 4.21. The van der Waals surface area contributed by atoms with E-state index in [2.05, 4.69) is 12.2 Å². The van der Waals surface area contributed by atoms with Crippen LogP contribution in [-0.4, -0.2) is 12.6 Å². The van der Waals surface area contributed by atoms with Crippen molar-refractivity contribution >= 4 is 0 Å². The van der Waals surface area contributed by atoms with E-state index in [0.717, 1.165) is 29.7 Å². The summed E-state index contributed by atoms with van der Waals surface area (Å²) in [4.78, 5) is 0. The van der Waals surface area contributed by atoms with E-state index in [0.29, 0.717) is 0 Å². The summed E-state index contributed by atoms with van der Waals surface area (Å²) in [7, 11) is 0. The van der Waals surface area contributed by atoms with Crippen molar-refractivity contribution in [3.8, 4) is 0 Å². The van der Waals surface area contributed by atoms with Gasteiger partial charge in [-0.05, 0) is 68.7 Å². The molecule has 0 heterocycles. The van der Waals surface area contributed by atoms with Gasteiger partial charge in [0.2, 0.25) is 0 Å². The predicted molar refractivity (Wildman–Crippen MR) is 77.6 cm³/mol. The molecule has 0 amide bonds. The van der Waals surface area contributed by atoms with Gasteiger partial charge in [-0.2, -0.15) is 0 Å². The van der Waals surface area contributed by atoms with E-state index in [1.165, 1.54) is 51.5 Å². The zero-order chi connectivity index (χ0) is 12.4. The van der Waals surface area contributed by atoms with Crippen molar-refractivity contribution in [2.75, 3.05) is 6.54 Å². The molecular formula is C17H31N. The van der Waals surface area contributed by atoms with Crippen molar-refractivity contribution in [1.29, 1.82) is 0 Å². The third kappa shape index (κ3) is 2.76. The van der Waals surface area contributed by atoms with Gasteiger partial charge in [-0.25, -0.2) is 0 Å². The number of rotatable bonds is 5. The standard InChI is InChI=1S/C17H31N/c1-2-17(14-6-4-3-5-7-14)18-12-16-11-13-8-9-15(16)10-13/h13-18H,2-12H2,1H3. The molecule has 0 spiro atoms. The Bertz CT molecular complexity index is 256. The second-order valence-electron chi connectivity index (χ2n) is 7.26. The first kappa shape index (κ1) is 13.0. The molecule has 2 bridgehead atoms. The van der Waals surface area contributed by atoms with Crippen molar-refractivity contribution < 1.29 is 0 Å². The summed E-state index contributed by atoms with van der Waals surface area (Å²) in [5.41, 5.74) is 0. The third-order valence-electron chi connectivity index (χ3n) is 6.19. The SMILES string of the molecule is CCC(NCC1CC2CCC1C2)C1CCCCC1. The Balaban J connectivity index is 1.45. The van der Waals surface area contributed by atoms with Crippen molar-refractivity contribution in [3.05, 3.63) is 0 Å². The zero-order valence-electron chi connectivity index (χ0n) is 12.2. The Kier molecular flexibility index (Phi) is 4.28. The highest BCUT2D eigenvalue weighted by atomic mass is 14.9. The Hall–Kier alpha value is -0.0400. The minimum atomic E-state index is 0.824. The Morgan fingerprint density at radius 1 is 1.00 bits per heavy atom. The van der Waals surface area contributed by atoms with E-state index in [1.807, 2.05) is 0 Å². The van der Waals surface area contributed by atoms with Gasteiger partial charge in [0.15, 0.2) is 0 Å². The molecule has 0 radical (unpaired) electrons. The average molecular weight is 249 g/mol. The molecule has 3 saturated carbocycles. The van der Waals surface area contributed by atoms with Gasteiger partial charge in [0.05, 0.1) is 0 Å². The minimum absolute atomic E-state index is 0.824. The van der Waals surface area contributed by atoms with Gasteiger partial charge in [-0.1, -0.05) is 32.6 Å². The lowest BCUT2D eigenvalue weighted by Gasteiger charge is -2.32. The Morgan fingerprint density at radius 2 is 1.83 bits per heavy atom. The monoisotopic (exact) mass is 249 g/mol. The van der Waals surface area contributed by atoms with Crippen LogP contribution in [0.3, 0.4) is 0 Å². The number of nitrogens with one attached hydrogen (secondary N) is 1. The maximum atomic E-state index is 3.97. The molecule has 1 heteroatoms. The van der Waals surface area contributed by atoms with E-state index in [4.69, 9.17) is 0 Å². The Morgan fingerprint density at radius 3 is 2.44 bits per heavy atom. The summed E-state index contributed by atoms with van der Waals surface area (Å²) in [6.45, 7) is 3.71. The molecule has 3 fully saturated rings. The molecule has 0 aromatic heterocycles. The van der Waals surface area contributed by atoms with Crippen LogP contribution in [0.15, 0.2) is 0 Å². The first-order valence-corrected chi connectivity index (χ1v) is 8.60. The quantitative estimate of drug-likeness (QED) is 0.763. The molecule has 4 unspecified atom stereocenters. The van der Waals surface area contributed by atoms with Gasteiger partial charge < -0.3 is 5.32 Å². The van der Waals surface area contributed by atoms with Crippen LogP contribution in [0.25, 0.3) is 0 Å². The fraction of sp³-hybridized carbons (Fsp3) is 1.00. The lowest BCUT2D eigenvalue weighted by Crippen LogP contribution is -2.40. The molecule has 4 atom stereocenters. The van der Waals surface area contributed by atoms with E-state index in [1.54, 1.807) is 19.3 Å². The second kappa shape index (κ2) is 5.94. The molecule has 104 valence electrons. The average Bonchev–Trinajstić information content (AvgIpc) is 3.03. The van der Waals surface area contributed by atoms with Crippen LogP contribution in [0.2, 0.25) is 0 Å². The predicted octanol–water partition coefficient (Wildman–Crippen LogP) is 4.37. The summed E-state index contributed by atoms with van der Waals surface area (Å²) in [6.07, 6.45) is 15.0. The van der Waals surface area contributed by atoms with Gasteiger partial charge in [-0.15, -0.1) is 0 Å². The molecule has 0 saturated heterocycles. The van der Waals surface area contributed by atoms with E-state index < -0.39 is 0 Å².